The van der Waals surface area contributed by atoms with E-state index in [9.17, 15) is 9.59 Å². The first kappa shape index (κ1) is 25.9. The molecule has 0 spiro atoms. The number of benzene rings is 1. The quantitative estimate of drug-likeness (QED) is 0.521. The Morgan fingerprint density at radius 3 is 2.33 bits per heavy atom. The van der Waals surface area contributed by atoms with E-state index >= 15 is 0 Å². The van der Waals surface area contributed by atoms with E-state index in [0.29, 0.717) is 24.2 Å². The van der Waals surface area contributed by atoms with Crippen LogP contribution >= 0.6 is 15.9 Å². The first-order chi connectivity index (χ1) is 8.10. The molecule has 1 aliphatic rings. The molecule has 0 aliphatic heterocycles. The SMILES string of the molecule is O=Cc1ccc(Br)cc1OC1CC(C(=O)O)C1.[CH3-].[CH3-].[CH3-].[Ce+3]. The van der Waals surface area contributed by atoms with Crippen LogP contribution in [0.5, 0.6) is 5.75 Å². The number of carbonyl (C=O) groups is 2. The van der Waals surface area contributed by atoms with Gasteiger partial charge >= 0.3 is 47.7 Å². The van der Waals surface area contributed by atoms with Gasteiger partial charge in [0.15, 0.2) is 6.29 Å². The molecule has 1 aliphatic carbocycles. The van der Waals surface area contributed by atoms with Gasteiger partial charge in [0, 0.05) is 4.47 Å². The fraction of sp³-hybridized carbons (Fsp3) is 0.267. The predicted octanol–water partition coefficient (Wildman–Crippen LogP) is 3.85. The molecule has 0 aromatic heterocycles. The molecule has 21 heavy (non-hydrogen) atoms. The van der Waals surface area contributed by atoms with Gasteiger partial charge in [-0.15, -0.1) is 0 Å². The fourth-order valence-corrected chi connectivity index (χ4v) is 2.09. The third kappa shape index (κ3) is 6.75. The van der Waals surface area contributed by atoms with Gasteiger partial charge in [0.25, 0.3) is 0 Å². The third-order valence-electron chi connectivity index (χ3n) is 2.84. The van der Waals surface area contributed by atoms with Crippen molar-refractivity contribution in [3.63, 3.8) is 0 Å². The maximum atomic E-state index is 10.8. The molecule has 0 bridgehead atoms. The Labute approximate surface area is 169 Å². The summed E-state index contributed by atoms with van der Waals surface area (Å²) in [7, 11) is 0. The molecule has 1 saturated carbocycles. The van der Waals surface area contributed by atoms with Crippen molar-refractivity contribution >= 4 is 28.2 Å². The van der Waals surface area contributed by atoms with Crippen LogP contribution < -0.4 is 4.74 Å². The number of rotatable bonds is 4. The number of aliphatic carboxylic acids is 1. The molecular formula is C15H20BrCeO4. The second-order valence-corrected chi connectivity index (χ2v) is 4.96. The summed E-state index contributed by atoms with van der Waals surface area (Å²) in [4.78, 5) is 21.4. The molecule has 1 aromatic carbocycles. The van der Waals surface area contributed by atoms with Crippen molar-refractivity contribution in [2.75, 3.05) is 0 Å². The molecule has 1 aromatic rings. The van der Waals surface area contributed by atoms with Crippen molar-refractivity contribution in [1.29, 1.82) is 0 Å². The summed E-state index contributed by atoms with van der Waals surface area (Å²) in [6, 6.07) is 5.15. The van der Waals surface area contributed by atoms with Crippen LogP contribution in [0.4, 0.5) is 0 Å². The van der Waals surface area contributed by atoms with Crippen molar-refractivity contribution in [3.8, 4) is 5.75 Å². The van der Waals surface area contributed by atoms with Gasteiger partial charge in [0.1, 0.15) is 11.9 Å². The van der Waals surface area contributed by atoms with Crippen LogP contribution in [-0.2, 0) is 4.79 Å². The number of carbonyl (C=O) groups excluding carboxylic acids is 1. The second kappa shape index (κ2) is 11.6. The van der Waals surface area contributed by atoms with E-state index in [2.05, 4.69) is 15.9 Å². The monoisotopic (exact) mass is 483 g/mol. The van der Waals surface area contributed by atoms with E-state index < -0.39 is 5.97 Å². The number of ether oxygens (including phenoxy) is 1. The summed E-state index contributed by atoms with van der Waals surface area (Å²) in [6.45, 7) is 0. The molecule has 0 amide bonds. The number of halogens is 1. The van der Waals surface area contributed by atoms with Crippen molar-refractivity contribution in [3.05, 3.63) is 50.5 Å². The summed E-state index contributed by atoms with van der Waals surface area (Å²) < 4.78 is 6.44. The minimum atomic E-state index is -0.783. The Bertz CT molecular complexity index is 459. The van der Waals surface area contributed by atoms with Crippen LogP contribution in [-0.4, -0.2) is 23.5 Å². The zero-order valence-corrected chi connectivity index (χ0v) is 17.2. The standard InChI is InChI=1S/C12H11BrO4.3CH3.Ce/c13-9-2-1-7(6-14)11(5-9)17-10-3-8(4-10)12(15)16;;;;/h1-2,5-6,8,10H,3-4H2,(H,15,16);3*1H3;/q;3*-1;+3. The van der Waals surface area contributed by atoms with Crippen molar-refractivity contribution < 1.29 is 61.2 Å². The Morgan fingerprint density at radius 2 is 1.86 bits per heavy atom. The molecule has 2 rings (SSSR count). The molecule has 0 atom stereocenters. The van der Waals surface area contributed by atoms with Crippen LogP contribution in [0.2, 0.25) is 0 Å². The van der Waals surface area contributed by atoms with Gasteiger partial charge in [0.05, 0.1) is 11.5 Å². The van der Waals surface area contributed by atoms with Crippen LogP contribution in [0.25, 0.3) is 0 Å². The minimum Gasteiger partial charge on any atom is -0.490 e. The van der Waals surface area contributed by atoms with Crippen LogP contribution in [0.15, 0.2) is 22.7 Å². The van der Waals surface area contributed by atoms with Crippen LogP contribution in [0, 0.1) is 69.9 Å². The summed E-state index contributed by atoms with van der Waals surface area (Å²) in [5.41, 5.74) is 0.479. The Hall–Kier alpha value is 0.0166. The number of aldehydes is 1. The number of carboxylic acid groups (broad SMARTS) is 1. The molecule has 1 N–H and O–H groups in total. The number of hydrogen-bond acceptors (Lipinski definition) is 3. The fourth-order valence-electron chi connectivity index (χ4n) is 1.75. The van der Waals surface area contributed by atoms with Crippen LogP contribution in [0.1, 0.15) is 23.2 Å². The molecular weight excluding hydrogens is 464 g/mol. The maximum Gasteiger partial charge on any atom is 3.00 e. The van der Waals surface area contributed by atoms with Gasteiger partial charge in [-0.05, 0) is 31.0 Å². The Morgan fingerprint density at radius 1 is 1.29 bits per heavy atom. The first-order valence-corrected chi connectivity index (χ1v) is 6.03. The zero-order chi connectivity index (χ0) is 12.4. The Kier molecular flexibility index (Phi) is 14.3. The number of carboxylic acids is 1. The summed E-state index contributed by atoms with van der Waals surface area (Å²) >= 11 is 3.30. The normalized spacial score (nSPS) is 18.3. The predicted molar refractivity (Wildman–Crippen MR) is 83.5 cm³/mol. The van der Waals surface area contributed by atoms with Gasteiger partial charge < -0.3 is 32.1 Å². The van der Waals surface area contributed by atoms with E-state index in [-0.39, 0.29) is 76.0 Å². The van der Waals surface area contributed by atoms with E-state index in [1.165, 1.54) is 0 Å². The smallest absolute Gasteiger partial charge is 0.490 e. The van der Waals surface area contributed by atoms with Gasteiger partial charge in [-0.1, -0.05) is 15.9 Å². The van der Waals surface area contributed by atoms with E-state index in [1.54, 1.807) is 18.2 Å². The van der Waals surface area contributed by atoms with Crippen molar-refractivity contribution in [2.45, 2.75) is 18.9 Å². The molecule has 0 saturated heterocycles. The topological polar surface area (TPSA) is 63.6 Å². The molecule has 1 radical (unpaired) electrons. The molecule has 1 fully saturated rings. The second-order valence-electron chi connectivity index (χ2n) is 4.05. The molecule has 0 heterocycles. The largest absolute Gasteiger partial charge is 3.00 e. The number of hydrogen-bond donors (Lipinski definition) is 1. The van der Waals surface area contributed by atoms with Crippen molar-refractivity contribution in [1.82, 2.24) is 0 Å². The third-order valence-corrected chi connectivity index (χ3v) is 3.33. The van der Waals surface area contributed by atoms with E-state index in [1.807, 2.05) is 0 Å². The minimum absolute atomic E-state index is 0. The van der Waals surface area contributed by atoms with Crippen LogP contribution in [0.3, 0.4) is 0 Å². The maximum absolute atomic E-state index is 10.8. The average molecular weight is 484 g/mol. The van der Waals surface area contributed by atoms with E-state index in [0.717, 1.165) is 10.8 Å². The molecule has 0 unspecified atom stereocenters. The molecule has 6 heteroatoms. The molecule has 115 valence electrons. The Balaban J connectivity index is -0.000000810. The van der Waals surface area contributed by atoms with Gasteiger partial charge in [0.2, 0.25) is 0 Å². The zero-order valence-electron chi connectivity index (χ0n) is 12.4. The first-order valence-electron chi connectivity index (χ1n) is 5.24. The molecule has 4 nitrogen and oxygen atoms in total. The summed E-state index contributed by atoms with van der Waals surface area (Å²) in [5, 5.41) is 8.74. The summed E-state index contributed by atoms with van der Waals surface area (Å²) in [6.07, 6.45) is 1.62. The van der Waals surface area contributed by atoms with Crippen molar-refractivity contribution in [2.24, 2.45) is 5.92 Å². The van der Waals surface area contributed by atoms with E-state index in [4.69, 9.17) is 9.84 Å². The average Bonchev–Trinajstić information content (AvgIpc) is 2.22. The van der Waals surface area contributed by atoms with Gasteiger partial charge in [-0.2, -0.15) is 0 Å². The van der Waals surface area contributed by atoms with Gasteiger partial charge in [-0.3, -0.25) is 9.59 Å². The van der Waals surface area contributed by atoms with Gasteiger partial charge in [-0.25, -0.2) is 0 Å². The summed E-state index contributed by atoms with van der Waals surface area (Å²) in [5.74, 6) is -0.593.